The fourth-order valence-corrected chi connectivity index (χ4v) is 3.49. The summed E-state index contributed by atoms with van der Waals surface area (Å²) in [7, 11) is 4.14. The maximum atomic E-state index is 11.5. The number of nitrogens with zero attached hydrogens (tertiary/aromatic N) is 4. The van der Waals surface area contributed by atoms with Gasteiger partial charge in [-0.15, -0.1) is 0 Å². The van der Waals surface area contributed by atoms with Crippen LogP contribution in [0.5, 0.6) is 0 Å². The van der Waals surface area contributed by atoms with Crippen LogP contribution < -0.4 is 0 Å². The Morgan fingerprint density at radius 2 is 2.12 bits per heavy atom. The maximum Gasteiger partial charge on any atom is 0.307 e. The highest BCUT2D eigenvalue weighted by Gasteiger charge is 2.29. The summed E-state index contributed by atoms with van der Waals surface area (Å²) in [6.07, 6.45) is 5.35. The van der Waals surface area contributed by atoms with Gasteiger partial charge in [0, 0.05) is 38.1 Å². The zero-order chi connectivity index (χ0) is 17.8. The Bertz CT molecular complexity index is 699. The van der Waals surface area contributed by atoms with Crippen molar-refractivity contribution >= 4 is 5.97 Å². The van der Waals surface area contributed by atoms with Gasteiger partial charge in [0.05, 0.1) is 11.6 Å². The molecule has 3 rings (SSSR count). The Hall–Kier alpha value is -2.18. The van der Waals surface area contributed by atoms with Crippen molar-refractivity contribution in [3.05, 3.63) is 48.3 Å². The Balaban J connectivity index is 1.77. The van der Waals surface area contributed by atoms with E-state index in [2.05, 4.69) is 41.1 Å². The number of carbonyl (C=O) groups is 1. The highest BCUT2D eigenvalue weighted by atomic mass is 16.4. The predicted molar refractivity (Wildman–Crippen MR) is 96.7 cm³/mol. The minimum Gasteiger partial charge on any atom is -0.481 e. The van der Waals surface area contributed by atoms with Gasteiger partial charge in [-0.1, -0.05) is 12.1 Å². The van der Waals surface area contributed by atoms with E-state index in [1.54, 1.807) is 6.20 Å². The Morgan fingerprint density at radius 1 is 1.28 bits per heavy atom. The summed E-state index contributed by atoms with van der Waals surface area (Å²) in [5, 5.41) is 13.8. The number of aliphatic carboxylic acids is 1. The largest absolute Gasteiger partial charge is 0.481 e. The van der Waals surface area contributed by atoms with Crippen LogP contribution in [0.4, 0.5) is 0 Å². The zero-order valence-electron chi connectivity index (χ0n) is 14.9. The van der Waals surface area contributed by atoms with Crippen molar-refractivity contribution in [2.75, 3.05) is 27.2 Å². The second kappa shape index (κ2) is 7.80. The van der Waals surface area contributed by atoms with Crippen molar-refractivity contribution in [3.63, 3.8) is 0 Å². The van der Waals surface area contributed by atoms with E-state index in [-0.39, 0.29) is 5.92 Å². The molecule has 25 heavy (non-hydrogen) atoms. The molecule has 1 aromatic heterocycles. The summed E-state index contributed by atoms with van der Waals surface area (Å²) in [6.45, 7) is 2.25. The normalized spacial score (nSPS) is 22.0. The lowest BCUT2D eigenvalue weighted by molar-refractivity contribution is -0.142. The molecule has 0 spiro atoms. The Labute approximate surface area is 148 Å². The van der Waals surface area contributed by atoms with Crippen molar-refractivity contribution < 1.29 is 9.90 Å². The van der Waals surface area contributed by atoms with Gasteiger partial charge in [0.1, 0.15) is 0 Å². The van der Waals surface area contributed by atoms with E-state index in [9.17, 15) is 9.90 Å². The van der Waals surface area contributed by atoms with Crippen LogP contribution in [0, 0.1) is 5.92 Å². The van der Waals surface area contributed by atoms with Gasteiger partial charge in [0.2, 0.25) is 0 Å². The van der Waals surface area contributed by atoms with Crippen molar-refractivity contribution in [2.45, 2.75) is 25.4 Å². The molecule has 2 atom stereocenters. The molecule has 0 saturated carbocycles. The monoisotopic (exact) mass is 342 g/mol. The van der Waals surface area contributed by atoms with Crippen LogP contribution in [0.15, 0.2) is 42.7 Å². The van der Waals surface area contributed by atoms with Gasteiger partial charge in [0.25, 0.3) is 0 Å². The van der Waals surface area contributed by atoms with Gasteiger partial charge in [-0.25, -0.2) is 4.68 Å². The van der Waals surface area contributed by atoms with Crippen LogP contribution in [-0.2, 0) is 11.3 Å². The lowest BCUT2D eigenvalue weighted by atomic mass is 10.0. The zero-order valence-corrected chi connectivity index (χ0v) is 14.9. The lowest BCUT2D eigenvalue weighted by Crippen LogP contribution is -2.39. The minimum absolute atomic E-state index is 0.292. The fourth-order valence-electron chi connectivity index (χ4n) is 3.49. The van der Waals surface area contributed by atoms with E-state index in [1.165, 1.54) is 5.56 Å². The number of hydrogen-bond acceptors (Lipinski definition) is 4. The quantitative estimate of drug-likeness (QED) is 0.902. The third-order valence-electron chi connectivity index (χ3n) is 4.96. The van der Waals surface area contributed by atoms with Gasteiger partial charge in [0.15, 0.2) is 0 Å². The summed E-state index contributed by atoms with van der Waals surface area (Å²) in [4.78, 5) is 16.0. The minimum atomic E-state index is -0.685. The molecular formula is C19H26N4O2. The van der Waals surface area contributed by atoms with Crippen molar-refractivity contribution in [1.82, 2.24) is 19.6 Å². The molecule has 1 aliphatic rings. The number of aromatic nitrogens is 2. The SMILES string of the molecule is CN(C)[C@@H]1CC[C@H](C(=O)O)CN(Cc2cccc(-n3cccn3)c2)C1. The summed E-state index contributed by atoms with van der Waals surface area (Å²) in [5.74, 6) is -0.978. The van der Waals surface area contributed by atoms with Crippen LogP contribution in [0.25, 0.3) is 5.69 Å². The van der Waals surface area contributed by atoms with E-state index in [0.717, 1.165) is 31.6 Å². The van der Waals surface area contributed by atoms with Gasteiger partial charge in [-0.3, -0.25) is 9.69 Å². The first kappa shape index (κ1) is 17.6. The van der Waals surface area contributed by atoms with E-state index in [4.69, 9.17) is 0 Å². The first-order chi connectivity index (χ1) is 12.0. The molecule has 134 valence electrons. The second-order valence-corrected chi connectivity index (χ2v) is 7.04. The average Bonchev–Trinajstić information content (AvgIpc) is 3.03. The molecule has 0 amide bonds. The molecule has 1 aliphatic heterocycles. The van der Waals surface area contributed by atoms with Gasteiger partial charge in [-0.2, -0.15) is 5.10 Å². The number of likely N-dealkylation sites (N-methyl/N-ethyl adjacent to an activating group) is 1. The number of benzene rings is 1. The number of rotatable bonds is 5. The van der Waals surface area contributed by atoms with Gasteiger partial charge in [-0.05, 0) is 50.7 Å². The van der Waals surface area contributed by atoms with Crippen LogP contribution in [0.1, 0.15) is 18.4 Å². The second-order valence-electron chi connectivity index (χ2n) is 7.04. The van der Waals surface area contributed by atoms with Crippen LogP contribution >= 0.6 is 0 Å². The molecule has 1 aromatic carbocycles. The van der Waals surface area contributed by atoms with Crippen LogP contribution in [-0.4, -0.2) is 63.9 Å². The third kappa shape index (κ3) is 4.46. The number of carboxylic acids is 1. The molecule has 0 aliphatic carbocycles. The summed E-state index contributed by atoms with van der Waals surface area (Å²) < 4.78 is 1.84. The molecule has 0 bridgehead atoms. The highest BCUT2D eigenvalue weighted by Crippen LogP contribution is 2.22. The molecule has 1 fully saturated rings. The maximum absolute atomic E-state index is 11.5. The summed E-state index contributed by atoms with van der Waals surface area (Å²) in [5.41, 5.74) is 2.20. The predicted octanol–water partition coefficient (Wildman–Crippen LogP) is 2.10. The number of carboxylic acid groups (broad SMARTS) is 1. The van der Waals surface area contributed by atoms with Crippen molar-refractivity contribution in [2.24, 2.45) is 5.92 Å². The van der Waals surface area contributed by atoms with Gasteiger partial charge < -0.3 is 10.0 Å². The van der Waals surface area contributed by atoms with Crippen LogP contribution in [0.3, 0.4) is 0 Å². The molecule has 6 nitrogen and oxygen atoms in total. The molecule has 2 aromatic rings. The smallest absolute Gasteiger partial charge is 0.307 e. The molecule has 2 heterocycles. The first-order valence-electron chi connectivity index (χ1n) is 8.73. The molecule has 0 radical (unpaired) electrons. The van der Waals surface area contributed by atoms with E-state index < -0.39 is 5.97 Å². The van der Waals surface area contributed by atoms with Gasteiger partial charge >= 0.3 is 5.97 Å². The van der Waals surface area contributed by atoms with Crippen molar-refractivity contribution in [3.8, 4) is 5.69 Å². The molecule has 1 saturated heterocycles. The molecular weight excluding hydrogens is 316 g/mol. The number of likely N-dealkylation sites (tertiary alicyclic amines) is 1. The Kier molecular flexibility index (Phi) is 5.50. The topological polar surface area (TPSA) is 61.6 Å². The molecule has 1 N–H and O–H groups in total. The number of hydrogen-bond donors (Lipinski definition) is 1. The standard InChI is InChI=1S/C19H26N4O2/c1-21(2)18-8-7-16(19(24)25)13-22(14-18)12-15-5-3-6-17(11-15)23-10-4-9-20-23/h3-6,9-11,16,18H,7-8,12-14H2,1-2H3,(H,24,25)/t16-,18+/m0/s1. The van der Waals surface area contributed by atoms with E-state index >= 15 is 0 Å². The van der Waals surface area contributed by atoms with E-state index in [0.29, 0.717) is 12.6 Å². The first-order valence-corrected chi connectivity index (χ1v) is 8.73. The average molecular weight is 342 g/mol. The Morgan fingerprint density at radius 3 is 2.80 bits per heavy atom. The summed E-state index contributed by atoms with van der Waals surface area (Å²) >= 11 is 0. The molecule has 6 heteroatoms. The summed E-state index contributed by atoms with van der Waals surface area (Å²) in [6, 6.07) is 10.6. The molecule has 0 unspecified atom stereocenters. The third-order valence-corrected chi connectivity index (χ3v) is 4.96. The van der Waals surface area contributed by atoms with Crippen molar-refractivity contribution in [1.29, 1.82) is 0 Å². The lowest BCUT2D eigenvalue weighted by Gasteiger charge is -2.28. The highest BCUT2D eigenvalue weighted by molar-refractivity contribution is 5.70. The fraction of sp³-hybridized carbons (Fsp3) is 0.474. The van der Waals surface area contributed by atoms with E-state index in [1.807, 2.05) is 29.1 Å². The van der Waals surface area contributed by atoms with Crippen LogP contribution in [0.2, 0.25) is 0 Å².